The van der Waals surface area contributed by atoms with Gasteiger partial charge in [-0.1, -0.05) is 42.5 Å². The van der Waals surface area contributed by atoms with Gasteiger partial charge in [-0.25, -0.2) is 0 Å². The van der Waals surface area contributed by atoms with Crippen LogP contribution in [0.3, 0.4) is 0 Å². The predicted molar refractivity (Wildman–Crippen MR) is 112 cm³/mol. The van der Waals surface area contributed by atoms with Crippen molar-refractivity contribution < 1.29 is 14.7 Å². The Morgan fingerprint density at radius 1 is 1.03 bits per heavy atom. The van der Waals surface area contributed by atoms with Crippen LogP contribution in [0.2, 0.25) is 0 Å². The number of hydrogen-bond donors (Lipinski definition) is 5. The number of carbonyl (C=O) groups excluding carboxylic acids is 2. The molecule has 0 radical (unpaired) electrons. The minimum atomic E-state index is -0.830. The Kier molecular flexibility index (Phi) is 8.17. The van der Waals surface area contributed by atoms with E-state index in [1.165, 1.54) is 12.1 Å². The molecule has 2 aromatic carbocycles. The molecule has 0 saturated carbocycles. The van der Waals surface area contributed by atoms with Crippen LogP contribution in [-0.2, 0) is 11.2 Å². The lowest BCUT2D eigenvalue weighted by atomic mass is 9.99. The molecule has 0 heterocycles. The van der Waals surface area contributed by atoms with Gasteiger partial charge in [0.2, 0.25) is 5.91 Å². The van der Waals surface area contributed by atoms with Gasteiger partial charge < -0.3 is 27.6 Å². The number of amides is 1. The van der Waals surface area contributed by atoms with E-state index in [0.29, 0.717) is 24.9 Å². The number of phenols is 1. The highest BCUT2D eigenvalue weighted by molar-refractivity contribution is 6.02. The zero-order valence-corrected chi connectivity index (χ0v) is 16.1. The van der Waals surface area contributed by atoms with E-state index in [-0.39, 0.29) is 23.9 Å². The number of Topliss-reactive ketones (excluding diaryl/α,β-unsaturated/α-hetero) is 1. The van der Waals surface area contributed by atoms with Gasteiger partial charge in [0.25, 0.3) is 0 Å². The quantitative estimate of drug-likeness (QED) is 0.172. The zero-order valence-electron chi connectivity index (χ0n) is 16.1. The SMILES string of the molecule is NC(N)=NCCC[C@H](NC(=O)[C@@H](N)Cc1ccc(O)cc1)C(=O)c1ccccc1. The highest BCUT2D eigenvalue weighted by Crippen LogP contribution is 2.12. The molecule has 0 bridgehead atoms. The number of ketones is 1. The first kappa shape index (κ1) is 21.9. The van der Waals surface area contributed by atoms with Gasteiger partial charge in [0.15, 0.2) is 11.7 Å². The Morgan fingerprint density at radius 3 is 2.31 bits per heavy atom. The minimum Gasteiger partial charge on any atom is -0.508 e. The monoisotopic (exact) mass is 397 g/mol. The van der Waals surface area contributed by atoms with Crippen molar-refractivity contribution in [3.05, 3.63) is 65.7 Å². The summed E-state index contributed by atoms with van der Waals surface area (Å²) in [6.45, 7) is 0.357. The number of nitrogens with zero attached hydrogens (tertiary/aromatic N) is 1. The number of guanidine groups is 1. The van der Waals surface area contributed by atoms with Gasteiger partial charge in [0, 0.05) is 12.1 Å². The topological polar surface area (TPSA) is 157 Å². The maximum absolute atomic E-state index is 12.9. The first-order valence-electron chi connectivity index (χ1n) is 9.35. The molecule has 0 aliphatic heterocycles. The van der Waals surface area contributed by atoms with Crippen molar-refractivity contribution in [1.29, 1.82) is 0 Å². The van der Waals surface area contributed by atoms with Crippen LogP contribution in [0, 0.1) is 0 Å². The number of aromatic hydroxyl groups is 1. The van der Waals surface area contributed by atoms with Crippen LogP contribution in [0.1, 0.15) is 28.8 Å². The zero-order chi connectivity index (χ0) is 21.2. The molecule has 8 N–H and O–H groups in total. The average molecular weight is 397 g/mol. The first-order chi connectivity index (χ1) is 13.9. The lowest BCUT2D eigenvalue weighted by Gasteiger charge is -2.20. The molecule has 0 spiro atoms. The summed E-state index contributed by atoms with van der Waals surface area (Å²) in [5, 5.41) is 12.1. The van der Waals surface area contributed by atoms with Gasteiger partial charge in [-0.3, -0.25) is 14.6 Å². The summed E-state index contributed by atoms with van der Waals surface area (Å²) < 4.78 is 0. The second-order valence-corrected chi connectivity index (χ2v) is 6.72. The van der Waals surface area contributed by atoms with Crippen molar-refractivity contribution >= 4 is 17.6 Å². The fourth-order valence-electron chi connectivity index (χ4n) is 2.83. The molecular formula is C21H27N5O3. The summed E-state index contributed by atoms with van der Waals surface area (Å²) in [5.74, 6) is -0.494. The maximum atomic E-state index is 12.9. The van der Waals surface area contributed by atoms with Gasteiger partial charge in [-0.05, 0) is 37.0 Å². The van der Waals surface area contributed by atoms with Crippen LogP contribution in [0.25, 0.3) is 0 Å². The number of rotatable bonds is 10. The lowest BCUT2D eigenvalue weighted by molar-refractivity contribution is -0.122. The summed E-state index contributed by atoms with van der Waals surface area (Å²) in [6, 6.07) is 13.7. The summed E-state index contributed by atoms with van der Waals surface area (Å²) in [4.78, 5) is 29.4. The number of nitrogens with two attached hydrogens (primary N) is 3. The van der Waals surface area contributed by atoms with Crippen molar-refractivity contribution in [2.24, 2.45) is 22.2 Å². The third kappa shape index (κ3) is 7.27. The summed E-state index contributed by atoms with van der Waals surface area (Å²) in [6.07, 6.45) is 1.18. The third-order valence-electron chi connectivity index (χ3n) is 4.37. The van der Waals surface area contributed by atoms with Crippen LogP contribution in [0.4, 0.5) is 0 Å². The highest BCUT2D eigenvalue weighted by Gasteiger charge is 2.24. The van der Waals surface area contributed by atoms with Gasteiger partial charge in [-0.2, -0.15) is 0 Å². The van der Waals surface area contributed by atoms with E-state index in [2.05, 4.69) is 10.3 Å². The highest BCUT2D eigenvalue weighted by atomic mass is 16.3. The molecule has 0 aliphatic carbocycles. The molecule has 8 heteroatoms. The van der Waals surface area contributed by atoms with E-state index in [1.54, 1.807) is 36.4 Å². The number of benzene rings is 2. The van der Waals surface area contributed by atoms with Crippen molar-refractivity contribution in [2.75, 3.05) is 6.54 Å². The Balaban J connectivity index is 2.04. The average Bonchev–Trinajstić information content (AvgIpc) is 2.71. The van der Waals surface area contributed by atoms with Crippen LogP contribution in [0.5, 0.6) is 5.75 Å². The Bertz CT molecular complexity index is 833. The molecule has 2 aromatic rings. The fraction of sp³-hybridized carbons (Fsp3) is 0.286. The first-order valence-corrected chi connectivity index (χ1v) is 9.35. The van der Waals surface area contributed by atoms with Gasteiger partial charge in [0.05, 0.1) is 12.1 Å². The number of aliphatic imine (C=N–C) groups is 1. The van der Waals surface area contributed by atoms with Crippen molar-refractivity contribution in [2.45, 2.75) is 31.3 Å². The van der Waals surface area contributed by atoms with E-state index in [0.717, 1.165) is 5.56 Å². The fourth-order valence-corrected chi connectivity index (χ4v) is 2.83. The normalized spacial score (nSPS) is 12.6. The number of nitrogens with one attached hydrogen (secondary N) is 1. The molecule has 2 rings (SSSR count). The molecule has 8 nitrogen and oxygen atoms in total. The van der Waals surface area contributed by atoms with Crippen LogP contribution in [0.15, 0.2) is 59.6 Å². The van der Waals surface area contributed by atoms with Gasteiger partial charge in [0.1, 0.15) is 5.75 Å². The Labute approximate surface area is 169 Å². The standard InChI is InChI=1S/C21H27N5O3/c22-17(13-14-8-10-16(27)11-9-14)20(29)26-18(7-4-12-25-21(23)24)19(28)15-5-2-1-3-6-15/h1-3,5-6,8-11,17-18,27H,4,7,12-13,22H2,(H,26,29)(H4,23,24,25)/t17-,18-/m0/s1. The van der Waals surface area contributed by atoms with Crippen molar-refractivity contribution in [3.8, 4) is 5.75 Å². The summed E-state index contributed by atoms with van der Waals surface area (Å²) in [7, 11) is 0. The molecule has 29 heavy (non-hydrogen) atoms. The second-order valence-electron chi connectivity index (χ2n) is 6.72. The van der Waals surface area contributed by atoms with Crippen LogP contribution in [-0.4, -0.2) is 41.4 Å². The predicted octanol–water partition coefficient (Wildman–Crippen LogP) is 0.683. The van der Waals surface area contributed by atoms with Gasteiger partial charge >= 0.3 is 0 Å². The molecular weight excluding hydrogens is 370 g/mol. The summed E-state index contributed by atoms with van der Waals surface area (Å²) in [5.41, 5.74) is 18.0. The summed E-state index contributed by atoms with van der Waals surface area (Å²) >= 11 is 0. The molecule has 0 unspecified atom stereocenters. The van der Waals surface area contributed by atoms with Crippen LogP contribution < -0.4 is 22.5 Å². The Hall–Kier alpha value is -3.39. The molecule has 2 atom stereocenters. The second kappa shape index (κ2) is 10.8. The van der Waals surface area contributed by atoms with E-state index >= 15 is 0 Å². The van der Waals surface area contributed by atoms with E-state index in [9.17, 15) is 14.7 Å². The molecule has 154 valence electrons. The number of phenolic OH excluding ortho intramolecular Hbond substituents is 1. The number of carbonyl (C=O) groups is 2. The number of hydrogen-bond acceptors (Lipinski definition) is 5. The molecule has 0 fully saturated rings. The minimum absolute atomic E-state index is 0.0177. The van der Waals surface area contributed by atoms with Crippen molar-refractivity contribution in [1.82, 2.24) is 5.32 Å². The van der Waals surface area contributed by atoms with Crippen LogP contribution >= 0.6 is 0 Å². The largest absolute Gasteiger partial charge is 0.508 e. The smallest absolute Gasteiger partial charge is 0.237 e. The molecule has 0 aromatic heterocycles. The maximum Gasteiger partial charge on any atom is 0.237 e. The Morgan fingerprint density at radius 2 is 1.69 bits per heavy atom. The molecule has 1 amide bonds. The van der Waals surface area contributed by atoms with Crippen molar-refractivity contribution in [3.63, 3.8) is 0 Å². The third-order valence-corrected chi connectivity index (χ3v) is 4.37. The lowest BCUT2D eigenvalue weighted by Crippen LogP contribution is -2.49. The van der Waals surface area contributed by atoms with E-state index in [4.69, 9.17) is 17.2 Å². The van der Waals surface area contributed by atoms with E-state index in [1.807, 2.05) is 6.07 Å². The molecule has 0 aliphatic rings. The van der Waals surface area contributed by atoms with E-state index < -0.39 is 18.0 Å². The molecule has 0 saturated heterocycles. The van der Waals surface area contributed by atoms with Gasteiger partial charge in [-0.15, -0.1) is 0 Å².